The van der Waals surface area contributed by atoms with E-state index in [2.05, 4.69) is 31.1 Å². The molecule has 1 amide bonds. The van der Waals surface area contributed by atoms with Gasteiger partial charge in [0, 0.05) is 18.4 Å². The highest BCUT2D eigenvalue weighted by Crippen LogP contribution is 2.24. The fourth-order valence-electron chi connectivity index (χ4n) is 1.64. The number of alkyl halides is 3. The number of aryl methyl sites for hydroxylation is 1. The molecule has 22 heavy (non-hydrogen) atoms. The topological polar surface area (TPSA) is 56.2 Å². The van der Waals surface area contributed by atoms with E-state index in [0.717, 1.165) is 12.1 Å². The molecule has 0 saturated heterocycles. The summed E-state index contributed by atoms with van der Waals surface area (Å²) in [7, 11) is 0. The van der Waals surface area contributed by atoms with Crippen molar-refractivity contribution in [3.8, 4) is 5.75 Å². The van der Waals surface area contributed by atoms with Gasteiger partial charge in [0.05, 0.1) is 4.47 Å². The van der Waals surface area contributed by atoms with Crippen molar-refractivity contribution in [2.75, 3.05) is 5.32 Å². The normalized spacial score (nSPS) is 11.3. The number of hydrogen-bond donors (Lipinski definition) is 1. The third-order valence-electron chi connectivity index (χ3n) is 2.60. The number of carbonyl (C=O) groups is 1. The second-order valence-electron chi connectivity index (χ2n) is 4.21. The fourth-order valence-corrected chi connectivity index (χ4v) is 2.14. The Bertz CT molecular complexity index is 668. The van der Waals surface area contributed by atoms with Gasteiger partial charge in [-0.3, -0.25) is 9.48 Å². The van der Waals surface area contributed by atoms with Crippen molar-refractivity contribution in [3.63, 3.8) is 0 Å². The molecule has 118 valence electrons. The first kappa shape index (κ1) is 16.3. The molecule has 0 atom stereocenters. The number of nitrogens with zero attached hydrogens (tertiary/aromatic N) is 2. The van der Waals surface area contributed by atoms with Gasteiger partial charge in [-0.15, -0.1) is 13.2 Å². The van der Waals surface area contributed by atoms with Gasteiger partial charge in [-0.1, -0.05) is 0 Å². The van der Waals surface area contributed by atoms with Gasteiger partial charge in [0.25, 0.3) is 5.91 Å². The van der Waals surface area contributed by atoms with E-state index in [9.17, 15) is 18.0 Å². The van der Waals surface area contributed by atoms with Crippen LogP contribution in [-0.4, -0.2) is 22.1 Å². The molecule has 0 fully saturated rings. The molecule has 0 radical (unpaired) electrons. The zero-order chi connectivity index (χ0) is 16.3. The van der Waals surface area contributed by atoms with Crippen LogP contribution in [0.5, 0.6) is 5.75 Å². The van der Waals surface area contributed by atoms with E-state index in [1.807, 2.05) is 6.92 Å². The molecular formula is C13H11BrF3N3O2. The van der Waals surface area contributed by atoms with Gasteiger partial charge < -0.3 is 10.1 Å². The summed E-state index contributed by atoms with van der Waals surface area (Å²) in [6.45, 7) is 2.48. The van der Waals surface area contributed by atoms with Gasteiger partial charge >= 0.3 is 6.36 Å². The molecule has 1 N–H and O–H groups in total. The highest BCUT2D eigenvalue weighted by molar-refractivity contribution is 9.10. The first-order valence-electron chi connectivity index (χ1n) is 6.18. The molecule has 0 spiro atoms. The number of nitrogens with one attached hydrogen (secondary N) is 1. The lowest BCUT2D eigenvalue weighted by Gasteiger charge is -2.09. The Morgan fingerprint density at radius 1 is 1.36 bits per heavy atom. The number of benzene rings is 1. The zero-order valence-corrected chi connectivity index (χ0v) is 12.9. The molecule has 1 heterocycles. The average Bonchev–Trinajstić information content (AvgIpc) is 2.81. The molecule has 0 aliphatic carbocycles. The highest BCUT2D eigenvalue weighted by Gasteiger charge is 2.31. The molecule has 1 aromatic heterocycles. The van der Waals surface area contributed by atoms with Crippen LogP contribution in [-0.2, 0) is 6.54 Å². The first-order chi connectivity index (χ1) is 10.3. The second kappa shape index (κ2) is 6.39. The molecule has 0 aliphatic rings. The Hall–Kier alpha value is -2.03. The lowest BCUT2D eigenvalue weighted by molar-refractivity contribution is -0.274. The number of amides is 1. The van der Waals surface area contributed by atoms with Crippen LogP contribution < -0.4 is 10.1 Å². The molecule has 0 saturated carbocycles. The summed E-state index contributed by atoms with van der Waals surface area (Å²) in [5.74, 6) is -0.828. The average molecular weight is 378 g/mol. The van der Waals surface area contributed by atoms with Crippen molar-refractivity contribution in [3.05, 3.63) is 40.6 Å². The summed E-state index contributed by atoms with van der Waals surface area (Å²) in [6.07, 6.45) is -3.09. The predicted molar refractivity (Wildman–Crippen MR) is 76.7 cm³/mol. The number of aromatic nitrogens is 2. The fraction of sp³-hybridized carbons (Fsp3) is 0.231. The Labute approximate surface area is 132 Å². The van der Waals surface area contributed by atoms with Crippen molar-refractivity contribution in [2.24, 2.45) is 0 Å². The van der Waals surface area contributed by atoms with Gasteiger partial charge in [0.15, 0.2) is 5.69 Å². The van der Waals surface area contributed by atoms with E-state index in [1.165, 1.54) is 12.1 Å². The Morgan fingerprint density at radius 3 is 2.50 bits per heavy atom. The van der Waals surface area contributed by atoms with Crippen LogP contribution in [0.4, 0.5) is 18.9 Å². The first-order valence-corrected chi connectivity index (χ1v) is 6.98. The molecule has 0 aliphatic heterocycles. The highest BCUT2D eigenvalue weighted by atomic mass is 79.9. The summed E-state index contributed by atoms with van der Waals surface area (Å²) < 4.78 is 42.0. The van der Waals surface area contributed by atoms with Gasteiger partial charge in [-0.25, -0.2) is 0 Å². The van der Waals surface area contributed by atoms with Crippen LogP contribution >= 0.6 is 15.9 Å². The third kappa shape index (κ3) is 4.23. The van der Waals surface area contributed by atoms with Crippen molar-refractivity contribution < 1.29 is 22.7 Å². The lowest BCUT2D eigenvalue weighted by Crippen LogP contribution is -2.17. The molecule has 1 aromatic carbocycles. The SMILES string of the molecule is CCn1cc(Br)c(C(=O)Nc2ccc(OC(F)(F)F)cc2)n1. The summed E-state index contributed by atoms with van der Waals surface area (Å²) >= 11 is 3.23. The van der Waals surface area contributed by atoms with Crippen LogP contribution in [0.15, 0.2) is 34.9 Å². The minimum absolute atomic E-state index is 0.192. The Balaban J connectivity index is 2.07. The number of anilines is 1. The number of halogens is 4. The Morgan fingerprint density at radius 2 is 2.00 bits per heavy atom. The number of hydrogen-bond acceptors (Lipinski definition) is 3. The van der Waals surface area contributed by atoms with Crippen LogP contribution in [0.25, 0.3) is 0 Å². The molecule has 2 aromatic rings. The number of ether oxygens (including phenoxy) is 1. The van der Waals surface area contributed by atoms with E-state index in [4.69, 9.17) is 0 Å². The maximum absolute atomic E-state index is 12.0. The van der Waals surface area contributed by atoms with Gasteiger partial charge in [-0.2, -0.15) is 5.10 Å². The molecular weight excluding hydrogens is 367 g/mol. The summed E-state index contributed by atoms with van der Waals surface area (Å²) in [4.78, 5) is 12.0. The second-order valence-corrected chi connectivity index (χ2v) is 5.06. The lowest BCUT2D eigenvalue weighted by atomic mass is 10.3. The molecule has 2 rings (SSSR count). The van der Waals surface area contributed by atoms with E-state index in [1.54, 1.807) is 10.9 Å². The third-order valence-corrected chi connectivity index (χ3v) is 3.18. The zero-order valence-electron chi connectivity index (χ0n) is 11.3. The molecule has 0 unspecified atom stereocenters. The maximum atomic E-state index is 12.0. The minimum Gasteiger partial charge on any atom is -0.406 e. The standard InChI is InChI=1S/C13H11BrF3N3O2/c1-2-20-7-10(14)11(19-20)12(21)18-8-3-5-9(6-4-8)22-13(15,16)17/h3-7H,2H2,1H3,(H,18,21). The van der Waals surface area contributed by atoms with Gasteiger partial charge in [-0.05, 0) is 47.1 Å². The van der Waals surface area contributed by atoms with E-state index in [-0.39, 0.29) is 11.4 Å². The van der Waals surface area contributed by atoms with Crippen LogP contribution in [0.1, 0.15) is 17.4 Å². The molecule has 9 heteroatoms. The van der Waals surface area contributed by atoms with Gasteiger partial charge in [0.1, 0.15) is 5.75 Å². The minimum atomic E-state index is -4.75. The quantitative estimate of drug-likeness (QED) is 0.880. The van der Waals surface area contributed by atoms with Crippen molar-refractivity contribution in [2.45, 2.75) is 19.8 Å². The number of carbonyl (C=O) groups excluding carboxylic acids is 1. The van der Waals surface area contributed by atoms with Crippen molar-refractivity contribution >= 4 is 27.5 Å². The van der Waals surface area contributed by atoms with Crippen LogP contribution in [0.3, 0.4) is 0 Å². The summed E-state index contributed by atoms with van der Waals surface area (Å²) in [6, 6.07) is 4.85. The van der Waals surface area contributed by atoms with Crippen LogP contribution in [0, 0.1) is 0 Å². The van der Waals surface area contributed by atoms with E-state index in [0.29, 0.717) is 16.7 Å². The molecule has 0 bridgehead atoms. The number of rotatable bonds is 4. The summed E-state index contributed by atoms with van der Waals surface area (Å²) in [5.41, 5.74) is 0.523. The largest absolute Gasteiger partial charge is 0.573 e. The van der Waals surface area contributed by atoms with Crippen molar-refractivity contribution in [1.82, 2.24) is 9.78 Å². The van der Waals surface area contributed by atoms with Gasteiger partial charge in [0.2, 0.25) is 0 Å². The predicted octanol–water partition coefficient (Wildman–Crippen LogP) is 3.82. The monoisotopic (exact) mass is 377 g/mol. The Kier molecular flexibility index (Phi) is 4.74. The summed E-state index contributed by atoms with van der Waals surface area (Å²) in [5, 5.41) is 6.62. The van der Waals surface area contributed by atoms with E-state index >= 15 is 0 Å². The van der Waals surface area contributed by atoms with Crippen molar-refractivity contribution in [1.29, 1.82) is 0 Å². The smallest absolute Gasteiger partial charge is 0.406 e. The molecule has 5 nitrogen and oxygen atoms in total. The van der Waals surface area contributed by atoms with E-state index < -0.39 is 12.3 Å². The maximum Gasteiger partial charge on any atom is 0.573 e. The van der Waals surface area contributed by atoms with Crippen LogP contribution in [0.2, 0.25) is 0 Å².